The van der Waals surface area contributed by atoms with Crippen molar-refractivity contribution in [3.8, 4) is 5.75 Å². The molecule has 0 radical (unpaired) electrons. The van der Waals surface area contributed by atoms with Crippen LogP contribution < -0.4 is 10.0 Å². The number of aliphatic hydroxyl groups is 1. The molecule has 1 aromatic rings. The summed E-state index contributed by atoms with van der Waals surface area (Å²) in [6.45, 7) is 12.2. The van der Waals surface area contributed by atoms with E-state index in [2.05, 4.69) is 37.2 Å². The van der Waals surface area contributed by atoms with Gasteiger partial charge in [-0.25, -0.2) is 4.58 Å². The van der Waals surface area contributed by atoms with E-state index in [1.807, 2.05) is 12.1 Å². The molecule has 0 amide bonds. The SMILES string of the molecule is CCCCN(CCCC)c1ccc(C2=C([O-])C(=C3C=CC(=[N+](CCCC)CCCC)C=C3O)C2=O)c(O)c1. The topological polar surface area (TPSA) is 86.8 Å². The molecule has 0 aromatic heterocycles. The highest BCUT2D eigenvalue weighted by molar-refractivity contribution is 6.39. The third-order valence-electron chi connectivity index (χ3n) is 7.27. The summed E-state index contributed by atoms with van der Waals surface area (Å²) in [7, 11) is 0. The van der Waals surface area contributed by atoms with Crippen LogP contribution in [0, 0.1) is 0 Å². The van der Waals surface area contributed by atoms with Gasteiger partial charge in [0.2, 0.25) is 5.71 Å². The summed E-state index contributed by atoms with van der Waals surface area (Å²) >= 11 is 0. The van der Waals surface area contributed by atoms with Crippen molar-refractivity contribution in [3.05, 3.63) is 64.7 Å². The molecule has 0 unspecified atom stereocenters. The van der Waals surface area contributed by atoms with Crippen LogP contribution in [0.2, 0.25) is 0 Å². The monoisotopic (exact) mass is 520 g/mol. The standard InChI is InChI=1S/C32H44N2O4/c1-5-9-17-33(18-10-6-2)23-13-15-25(27(35)21-23)29-31(37)30(32(29)38)26-16-14-24(22-28(26)36)34(19-11-7-3)20-12-8-4/h13-16,21-22H,5-12,17-20H2,1-4H3,(H2,35,36,37,38). The number of allylic oxidation sites excluding steroid dienone is 5. The number of anilines is 1. The minimum absolute atomic E-state index is 0.0197. The summed E-state index contributed by atoms with van der Waals surface area (Å²) in [5, 5.41) is 34.7. The Morgan fingerprint density at radius 2 is 1.45 bits per heavy atom. The number of hydrogen-bond donors (Lipinski definition) is 2. The third kappa shape index (κ3) is 6.58. The van der Waals surface area contributed by atoms with E-state index >= 15 is 0 Å². The highest BCUT2D eigenvalue weighted by Gasteiger charge is 2.34. The third-order valence-corrected chi connectivity index (χ3v) is 7.27. The number of ketones is 1. The number of rotatable bonds is 14. The van der Waals surface area contributed by atoms with Gasteiger partial charge < -0.3 is 20.2 Å². The van der Waals surface area contributed by atoms with Crippen LogP contribution in [0.1, 0.15) is 84.6 Å². The number of aliphatic hydroxyl groups excluding tert-OH is 1. The molecule has 2 aliphatic carbocycles. The Kier molecular flexibility index (Phi) is 10.8. The fourth-order valence-corrected chi connectivity index (χ4v) is 4.88. The van der Waals surface area contributed by atoms with Crippen molar-refractivity contribution in [1.82, 2.24) is 0 Å². The zero-order chi connectivity index (χ0) is 27.7. The van der Waals surface area contributed by atoms with Crippen LogP contribution in [0.4, 0.5) is 5.69 Å². The maximum Gasteiger partial charge on any atom is 0.203 e. The second-order valence-corrected chi connectivity index (χ2v) is 10.2. The molecule has 2 aliphatic rings. The van der Waals surface area contributed by atoms with Gasteiger partial charge >= 0.3 is 0 Å². The molecule has 38 heavy (non-hydrogen) atoms. The van der Waals surface area contributed by atoms with Crippen LogP contribution in [-0.2, 0) is 4.79 Å². The highest BCUT2D eigenvalue weighted by atomic mass is 16.3. The number of benzene rings is 1. The lowest BCUT2D eigenvalue weighted by molar-refractivity contribution is -0.527. The van der Waals surface area contributed by atoms with Crippen LogP contribution >= 0.6 is 0 Å². The summed E-state index contributed by atoms with van der Waals surface area (Å²) in [5.41, 5.74) is 2.24. The molecule has 0 atom stereocenters. The first kappa shape index (κ1) is 29.3. The first-order valence-electron chi connectivity index (χ1n) is 14.4. The lowest BCUT2D eigenvalue weighted by Gasteiger charge is -2.33. The largest absolute Gasteiger partial charge is 0.871 e. The molecular weight excluding hydrogens is 476 g/mol. The van der Waals surface area contributed by atoms with Crippen LogP contribution in [0.5, 0.6) is 5.75 Å². The number of carbonyl (C=O) groups excluding carboxylic acids is 1. The van der Waals surface area contributed by atoms with Gasteiger partial charge in [0.1, 0.15) is 24.6 Å². The zero-order valence-corrected chi connectivity index (χ0v) is 23.6. The van der Waals surface area contributed by atoms with E-state index < -0.39 is 11.5 Å². The molecule has 0 fully saturated rings. The van der Waals surface area contributed by atoms with Crippen molar-refractivity contribution in [2.75, 3.05) is 31.1 Å². The number of carbonyl (C=O) groups is 1. The molecule has 0 saturated heterocycles. The van der Waals surface area contributed by atoms with E-state index in [9.17, 15) is 20.1 Å². The zero-order valence-electron chi connectivity index (χ0n) is 23.6. The van der Waals surface area contributed by atoms with Crippen LogP contribution in [0.25, 0.3) is 5.57 Å². The van der Waals surface area contributed by atoms with Gasteiger partial charge in [0.15, 0.2) is 5.78 Å². The van der Waals surface area contributed by atoms with Gasteiger partial charge in [0, 0.05) is 66.0 Å². The van der Waals surface area contributed by atoms with Gasteiger partial charge in [0.05, 0.1) is 6.08 Å². The second-order valence-electron chi connectivity index (χ2n) is 10.2. The molecule has 0 bridgehead atoms. The summed E-state index contributed by atoms with van der Waals surface area (Å²) in [5.74, 6) is -1.02. The van der Waals surface area contributed by atoms with Gasteiger partial charge in [0.25, 0.3) is 0 Å². The number of phenols is 1. The molecule has 1 aromatic carbocycles. The van der Waals surface area contributed by atoms with E-state index in [1.54, 1.807) is 24.3 Å². The van der Waals surface area contributed by atoms with E-state index in [4.69, 9.17) is 0 Å². The summed E-state index contributed by atoms with van der Waals surface area (Å²) in [6.07, 6.45) is 13.7. The number of hydrogen-bond acceptors (Lipinski definition) is 5. The molecule has 206 valence electrons. The Balaban J connectivity index is 1.90. The maximum absolute atomic E-state index is 13.1. The summed E-state index contributed by atoms with van der Waals surface area (Å²) in [4.78, 5) is 15.4. The van der Waals surface area contributed by atoms with Crippen LogP contribution in [0.3, 0.4) is 0 Å². The second kappa shape index (κ2) is 14.0. The van der Waals surface area contributed by atoms with Crippen molar-refractivity contribution < 1.29 is 24.7 Å². The van der Waals surface area contributed by atoms with Crippen molar-refractivity contribution in [3.63, 3.8) is 0 Å². The Hall–Kier alpha value is -3.28. The molecular formula is C32H44N2O4. The quantitative estimate of drug-likeness (QED) is 0.239. The van der Waals surface area contributed by atoms with Gasteiger partial charge in [-0.05, 0) is 31.1 Å². The average Bonchev–Trinajstić information content (AvgIpc) is 2.91. The van der Waals surface area contributed by atoms with Crippen molar-refractivity contribution in [1.29, 1.82) is 0 Å². The lowest BCUT2D eigenvalue weighted by atomic mass is 9.79. The van der Waals surface area contributed by atoms with Crippen LogP contribution in [-0.4, -0.2) is 52.5 Å². The Morgan fingerprint density at radius 1 is 0.842 bits per heavy atom. The number of Topliss-reactive ketones (excluding diaryl/α,β-unsaturated/α-hetero) is 1. The highest BCUT2D eigenvalue weighted by Crippen LogP contribution is 2.42. The summed E-state index contributed by atoms with van der Waals surface area (Å²) < 4.78 is 2.24. The molecule has 2 N–H and O–H groups in total. The molecule has 0 spiro atoms. The Labute approximate surface area is 228 Å². The van der Waals surface area contributed by atoms with Crippen molar-refractivity contribution in [2.24, 2.45) is 0 Å². The number of aromatic hydroxyl groups is 1. The molecule has 0 aliphatic heterocycles. The predicted octanol–water partition coefficient (Wildman–Crippen LogP) is 5.81. The van der Waals surface area contributed by atoms with E-state index in [0.717, 1.165) is 88.9 Å². The molecule has 6 nitrogen and oxygen atoms in total. The normalized spacial score (nSPS) is 17.1. The average molecular weight is 521 g/mol. The van der Waals surface area contributed by atoms with E-state index in [-0.39, 0.29) is 33.8 Å². The van der Waals surface area contributed by atoms with Gasteiger partial charge in [-0.1, -0.05) is 59.1 Å². The number of nitrogens with zero attached hydrogens (tertiary/aromatic N) is 2. The maximum atomic E-state index is 13.1. The minimum Gasteiger partial charge on any atom is -0.871 e. The van der Waals surface area contributed by atoms with E-state index in [0.29, 0.717) is 0 Å². The number of unbranched alkanes of at least 4 members (excludes halogenated alkanes) is 4. The molecule has 0 saturated carbocycles. The minimum atomic E-state index is -0.441. The van der Waals surface area contributed by atoms with Gasteiger partial charge in [-0.15, -0.1) is 0 Å². The lowest BCUT2D eigenvalue weighted by Crippen LogP contribution is -2.31. The van der Waals surface area contributed by atoms with Gasteiger partial charge in [-0.2, -0.15) is 0 Å². The first-order valence-corrected chi connectivity index (χ1v) is 14.4. The Bertz CT molecular complexity index is 1150. The van der Waals surface area contributed by atoms with Crippen LogP contribution in [0.15, 0.2) is 59.1 Å². The molecule has 0 heterocycles. The first-order chi connectivity index (χ1) is 18.4. The Morgan fingerprint density at radius 3 is 1.95 bits per heavy atom. The van der Waals surface area contributed by atoms with Gasteiger partial charge in [-0.3, -0.25) is 4.79 Å². The smallest absolute Gasteiger partial charge is 0.203 e. The van der Waals surface area contributed by atoms with Crippen molar-refractivity contribution >= 4 is 22.8 Å². The fourth-order valence-electron chi connectivity index (χ4n) is 4.88. The van der Waals surface area contributed by atoms with Crippen molar-refractivity contribution in [2.45, 2.75) is 79.1 Å². The fraction of sp³-hybridized carbons (Fsp3) is 0.500. The van der Waals surface area contributed by atoms with E-state index in [1.165, 1.54) is 0 Å². The predicted molar refractivity (Wildman–Crippen MR) is 154 cm³/mol. The summed E-state index contributed by atoms with van der Waals surface area (Å²) in [6, 6.07) is 5.19. The molecule has 6 heteroatoms. The molecule has 3 rings (SSSR count). The number of phenolic OH excluding ortho intramolecular Hbond substituents is 1.